The molecule has 27 heavy (non-hydrogen) atoms. The summed E-state index contributed by atoms with van der Waals surface area (Å²) in [7, 11) is 0. The SMILES string of the molecule is CC(C)(C)c1ccc(NC(=O)c2cc(Nc3ccccc3F)ncn2)cc1. The van der Waals surface area contributed by atoms with Crippen LogP contribution in [0.15, 0.2) is 60.9 Å². The van der Waals surface area contributed by atoms with Crippen molar-refractivity contribution in [2.24, 2.45) is 0 Å². The first-order valence-electron chi connectivity index (χ1n) is 8.58. The minimum absolute atomic E-state index is 0.0441. The molecule has 5 nitrogen and oxygen atoms in total. The van der Waals surface area contributed by atoms with Gasteiger partial charge in [0.05, 0.1) is 5.69 Å². The van der Waals surface area contributed by atoms with Gasteiger partial charge in [-0.2, -0.15) is 0 Å². The van der Waals surface area contributed by atoms with Crippen molar-refractivity contribution in [2.75, 3.05) is 10.6 Å². The number of carbonyl (C=O) groups excluding carboxylic acids is 1. The number of nitrogens with zero attached hydrogens (tertiary/aromatic N) is 2. The molecule has 3 rings (SSSR count). The molecule has 0 unspecified atom stereocenters. The number of benzene rings is 2. The lowest BCUT2D eigenvalue weighted by Gasteiger charge is -2.19. The standard InChI is InChI=1S/C21H21FN4O/c1-21(2,3)14-8-10-15(11-9-14)25-20(27)18-12-19(24-13-23-18)26-17-7-5-4-6-16(17)22/h4-13H,1-3H3,(H,25,27)(H,23,24,26). The Bertz CT molecular complexity index is 949. The van der Waals surface area contributed by atoms with E-state index in [-0.39, 0.29) is 22.7 Å². The third-order valence-electron chi connectivity index (χ3n) is 4.05. The average molecular weight is 364 g/mol. The van der Waals surface area contributed by atoms with E-state index in [9.17, 15) is 9.18 Å². The van der Waals surface area contributed by atoms with E-state index in [1.54, 1.807) is 18.2 Å². The Balaban J connectivity index is 1.73. The van der Waals surface area contributed by atoms with Gasteiger partial charge in [-0.25, -0.2) is 14.4 Å². The van der Waals surface area contributed by atoms with Crippen molar-refractivity contribution in [3.63, 3.8) is 0 Å². The van der Waals surface area contributed by atoms with Gasteiger partial charge < -0.3 is 10.6 Å². The first-order chi connectivity index (χ1) is 12.8. The van der Waals surface area contributed by atoms with E-state index in [0.717, 1.165) is 0 Å². The van der Waals surface area contributed by atoms with Crippen LogP contribution in [-0.4, -0.2) is 15.9 Å². The molecule has 0 saturated carbocycles. The molecule has 6 heteroatoms. The number of halogens is 1. The van der Waals surface area contributed by atoms with Crippen LogP contribution in [0.4, 0.5) is 21.6 Å². The van der Waals surface area contributed by atoms with Gasteiger partial charge in [0.25, 0.3) is 5.91 Å². The fraction of sp³-hybridized carbons (Fsp3) is 0.190. The van der Waals surface area contributed by atoms with Crippen molar-refractivity contribution < 1.29 is 9.18 Å². The number of aromatic nitrogens is 2. The second-order valence-electron chi connectivity index (χ2n) is 7.17. The van der Waals surface area contributed by atoms with Crippen LogP contribution in [0, 0.1) is 5.82 Å². The molecule has 3 aromatic rings. The third-order valence-corrected chi connectivity index (χ3v) is 4.05. The fourth-order valence-electron chi connectivity index (χ4n) is 2.50. The van der Waals surface area contributed by atoms with Crippen LogP contribution in [0.1, 0.15) is 36.8 Å². The monoisotopic (exact) mass is 364 g/mol. The highest BCUT2D eigenvalue weighted by molar-refractivity contribution is 6.03. The maximum Gasteiger partial charge on any atom is 0.274 e. The van der Waals surface area contributed by atoms with E-state index < -0.39 is 5.82 Å². The van der Waals surface area contributed by atoms with E-state index >= 15 is 0 Å². The van der Waals surface area contributed by atoms with Crippen molar-refractivity contribution in [3.8, 4) is 0 Å². The van der Waals surface area contributed by atoms with E-state index in [1.807, 2.05) is 24.3 Å². The highest BCUT2D eigenvalue weighted by atomic mass is 19.1. The lowest BCUT2D eigenvalue weighted by molar-refractivity contribution is 0.102. The van der Waals surface area contributed by atoms with Crippen LogP contribution < -0.4 is 10.6 Å². The zero-order chi connectivity index (χ0) is 19.4. The minimum atomic E-state index is -0.402. The summed E-state index contributed by atoms with van der Waals surface area (Å²) in [6, 6.07) is 15.4. The number of anilines is 3. The van der Waals surface area contributed by atoms with Crippen molar-refractivity contribution in [1.29, 1.82) is 0 Å². The Morgan fingerprint density at radius 1 is 1.00 bits per heavy atom. The number of rotatable bonds is 4. The predicted molar refractivity (Wildman–Crippen MR) is 105 cm³/mol. The summed E-state index contributed by atoms with van der Waals surface area (Å²) in [5.74, 6) is -0.429. The Kier molecular flexibility index (Phi) is 5.16. The van der Waals surface area contributed by atoms with Gasteiger partial charge in [0, 0.05) is 11.8 Å². The molecule has 1 amide bonds. The molecule has 0 bridgehead atoms. The average Bonchev–Trinajstić information content (AvgIpc) is 2.63. The van der Waals surface area contributed by atoms with Crippen LogP contribution in [0.25, 0.3) is 0 Å². The van der Waals surface area contributed by atoms with Gasteiger partial charge in [0.2, 0.25) is 0 Å². The van der Waals surface area contributed by atoms with E-state index in [0.29, 0.717) is 11.5 Å². The van der Waals surface area contributed by atoms with E-state index in [2.05, 4.69) is 41.4 Å². The molecule has 0 aliphatic heterocycles. The summed E-state index contributed by atoms with van der Waals surface area (Å²) in [5, 5.41) is 5.66. The lowest BCUT2D eigenvalue weighted by atomic mass is 9.87. The molecular formula is C21H21FN4O. The highest BCUT2D eigenvalue weighted by Crippen LogP contribution is 2.24. The molecule has 138 valence electrons. The van der Waals surface area contributed by atoms with E-state index in [1.165, 1.54) is 24.0 Å². The summed E-state index contributed by atoms with van der Waals surface area (Å²) in [4.78, 5) is 20.5. The maximum atomic E-state index is 13.8. The van der Waals surface area contributed by atoms with Crippen molar-refractivity contribution in [2.45, 2.75) is 26.2 Å². The molecule has 0 aliphatic carbocycles. The van der Waals surface area contributed by atoms with Crippen molar-refractivity contribution >= 4 is 23.1 Å². The smallest absolute Gasteiger partial charge is 0.274 e. The van der Waals surface area contributed by atoms with Crippen LogP contribution in [-0.2, 0) is 5.41 Å². The zero-order valence-corrected chi connectivity index (χ0v) is 15.5. The largest absolute Gasteiger partial charge is 0.338 e. The second kappa shape index (κ2) is 7.53. The van der Waals surface area contributed by atoms with Gasteiger partial charge >= 0.3 is 0 Å². The summed E-state index contributed by atoms with van der Waals surface area (Å²) < 4.78 is 13.8. The molecule has 0 fully saturated rings. The number of hydrogen-bond acceptors (Lipinski definition) is 4. The van der Waals surface area contributed by atoms with Crippen molar-refractivity contribution in [1.82, 2.24) is 9.97 Å². The van der Waals surface area contributed by atoms with Gasteiger partial charge in [-0.15, -0.1) is 0 Å². The highest BCUT2D eigenvalue weighted by Gasteiger charge is 2.14. The normalized spacial score (nSPS) is 11.1. The molecular weight excluding hydrogens is 343 g/mol. The van der Waals surface area contributed by atoms with Gasteiger partial charge in [-0.3, -0.25) is 4.79 Å². The fourth-order valence-corrected chi connectivity index (χ4v) is 2.50. The first-order valence-corrected chi connectivity index (χ1v) is 8.58. The summed E-state index contributed by atoms with van der Waals surface area (Å²) in [6.45, 7) is 6.39. The van der Waals surface area contributed by atoms with Crippen LogP contribution >= 0.6 is 0 Å². The van der Waals surface area contributed by atoms with Crippen molar-refractivity contribution in [3.05, 3.63) is 78.0 Å². The summed E-state index contributed by atoms with van der Waals surface area (Å²) >= 11 is 0. The molecule has 2 N–H and O–H groups in total. The predicted octanol–water partition coefficient (Wildman–Crippen LogP) is 4.91. The lowest BCUT2D eigenvalue weighted by Crippen LogP contribution is -2.15. The Labute approximate surface area is 157 Å². The Morgan fingerprint density at radius 2 is 1.70 bits per heavy atom. The van der Waals surface area contributed by atoms with Gasteiger partial charge in [0.15, 0.2) is 0 Å². The third kappa shape index (κ3) is 4.67. The number of nitrogens with one attached hydrogen (secondary N) is 2. The molecule has 0 saturated heterocycles. The summed E-state index contributed by atoms with van der Waals surface area (Å²) in [6.07, 6.45) is 1.26. The topological polar surface area (TPSA) is 66.9 Å². The van der Waals surface area contributed by atoms with Gasteiger partial charge in [-0.05, 0) is 35.2 Å². The van der Waals surface area contributed by atoms with Crippen LogP contribution in [0.3, 0.4) is 0 Å². The Morgan fingerprint density at radius 3 is 2.37 bits per heavy atom. The molecule has 0 radical (unpaired) electrons. The van der Waals surface area contributed by atoms with Crippen LogP contribution in [0.2, 0.25) is 0 Å². The first kappa shape index (κ1) is 18.5. The molecule has 0 spiro atoms. The number of carbonyl (C=O) groups is 1. The number of amides is 1. The second-order valence-corrected chi connectivity index (χ2v) is 7.17. The molecule has 0 atom stereocenters. The maximum absolute atomic E-state index is 13.8. The van der Waals surface area contributed by atoms with E-state index in [4.69, 9.17) is 0 Å². The van der Waals surface area contributed by atoms with Gasteiger partial charge in [-0.1, -0.05) is 45.0 Å². The molecule has 1 aromatic heterocycles. The summed E-state index contributed by atoms with van der Waals surface area (Å²) in [5.41, 5.74) is 2.36. The van der Waals surface area contributed by atoms with Gasteiger partial charge in [0.1, 0.15) is 23.7 Å². The molecule has 0 aliphatic rings. The minimum Gasteiger partial charge on any atom is -0.338 e. The molecule has 2 aromatic carbocycles. The number of para-hydroxylation sites is 1. The molecule has 1 heterocycles. The number of hydrogen-bond donors (Lipinski definition) is 2. The zero-order valence-electron chi connectivity index (χ0n) is 15.5. The Hall–Kier alpha value is -3.28. The van der Waals surface area contributed by atoms with Crippen LogP contribution in [0.5, 0.6) is 0 Å². The quantitative estimate of drug-likeness (QED) is 0.690.